The summed E-state index contributed by atoms with van der Waals surface area (Å²) in [6, 6.07) is 6.86. The van der Waals surface area contributed by atoms with Gasteiger partial charge in [-0.15, -0.1) is 0 Å². The van der Waals surface area contributed by atoms with Gasteiger partial charge in [-0.3, -0.25) is 0 Å². The molecule has 0 spiro atoms. The van der Waals surface area contributed by atoms with E-state index in [2.05, 4.69) is 4.72 Å². The highest BCUT2D eigenvalue weighted by Gasteiger charge is 2.15. The fourth-order valence-corrected chi connectivity index (χ4v) is 2.93. The van der Waals surface area contributed by atoms with E-state index in [0.717, 1.165) is 0 Å². The van der Waals surface area contributed by atoms with Crippen LogP contribution >= 0.6 is 0 Å². The molecule has 1 rings (SSSR count). The summed E-state index contributed by atoms with van der Waals surface area (Å²) in [5, 5.41) is 0. The third-order valence-corrected chi connectivity index (χ3v) is 4.01. The first-order chi connectivity index (χ1) is 9.30. The number of ether oxygens (including phenoxy) is 1. The molecule has 0 aromatic heterocycles. The van der Waals surface area contributed by atoms with Crippen LogP contribution in [0.4, 0.5) is 5.69 Å². The SMILES string of the molecule is CC(CN(C)C)NS(=O)(=O)CCOc1ccccc1N. The Morgan fingerprint density at radius 1 is 1.35 bits per heavy atom. The third-order valence-electron chi connectivity index (χ3n) is 2.55. The summed E-state index contributed by atoms with van der Waals surface area (Å²) in [5.41, 5.74) is 6.21. The fourth-order valence-electron chi connectivity index (χ4n) is 1.82. The van der Waals surface area contributed by atoms with Crippen molar-refractivity contribution in [3.05, 3.63) is 24.3 Å². The molecule has 1 aromatic carbocycles. The van der Waals surface area contributed by atoms with Crippen molar-refractivity contribution >= 4 is 15.7 Å². The molecule has 0 saturated carbocycles. The van der Waals surface area contributed by atoms with E-state index >= 15 is 0 Å². The lowest BCUT2D eigenvalue weighted by atomic mass is 10.3. The second-order valence-electron chi connectivity index (χ2n) is 4.99. The minimum absolute atomic E-state index is 0.0677. The van der Waals surface area contributed by atoms with Gasteiger partial charge < -0.3 is 15.4 Å². The third kappa shape index (κ3) is 6.23. The first-order valence-corrected chi connectivity index (χ1v) is 8.07. The predicted molar refractivity (Wildman–Crippen MR) is 81.3 cm³/mol. The molecule has 0 saturated heterocycles. The number of para-hydroxylation sites is 2. The second kappa shape index (κ2) is 7.47. The van der Waals surface area contributed by atoms with Gasteiger partial charge in [-0.1, -0.05) is 12.1 Å². The molecule has 1 atom stereocenters. The van der Waals surface area contributed by atoms with Crippen LogP contribution in [0.5, 0.6) is 5.75 Å². The van der Waals surface area contributed by atoms with Crippen LogP contribution in [0.25, 0.3) is 0 Å². The number of rotatable bonds is 8. The molecule has 0 aliphatic heterocycles. The standard InChI is InChI=1S/C13H23N3O3S/c1-11(10-16(2)3)15-20(17,18)9-8-19-13-7-5-4-6-12(13)14/h4-7,11,15H,8-10,14H2,1-3H3. The number of nitrogens with one attached hydrogen (secondary N) is 1. The monoisotopic (exact) mass is 301 g/mol. The second-order valence-corrected chi connectivity index (χ2v) is 6.86. The number of hydrogen-bond acceptors (Lipinski definition) is 5. The maximum Gasteiger partial charge on any atom is 0.215 e. The zero-order chi connectivity index (χ0) is 15.2. The Bertz CT molecular complexity index is 517. The van der Waals surface area contributed by atoms with E-state index in [1.165, 1.54) is 0 Å². The maximum absolute atomic E-state index is 11.9. The van der Waals surface area contributed by atoms with E-state index < -0.39 is 10.0 Å². The number of anilines is 1. The Hall–Kier alpha value is -1.31. The molecular formula is C13H23N3O3S. The number of likely N-dealkylation sites (N-methyl/N-ethyl adjacent to an activating group) is 1. The number of nitrogens with zero attached hydrogens (tertiary/aromatic N) is 1. The number of nitrogens with two attached hydrogens (primary N) is 1. The van der Waals surface area contributed by atoms with Gasteiger partial charge >= 0.3 is 0 Å². The van der Waals surface area contributed by atoms with Crippen molar-refractivity contribution in [2.75, 3.05) is 38.7 Å². The first-order valence-electron chi connectivity index (χ1n) is 6.42. The average Bonchev–Trinajstić information content (AvgIpc) is 2.29. The predicted octanol–water partition coefficient (Wildman–Crippen LogP) is 0.517. The Morgan fingerprint density at radius 3 is 2.60 bits per heavy atom. The molecular weight excluding hydrogens is 278 g/mol. The van der Waals surface area contributed by atoms with Crippen LogP contribution in [-0.2, 0) is 10.0 Å². The van der Waals surface area contributed by atoms with E-state index in [1.54, 1.807) is 24.3 Å². The topological polar surface area (TPSA) is 84.7 Å². The highest BCUT2D eigenvalue weighted by atomic mass is 32.2. The summed E-state index contributed by atoms with van der Waals surface area (Å²) >= 11 is 0. The van der Waals surface area contributed by atoms with Crippen LogP contribution in [0.15, 0.2) is 24.3 Å². The lowest BCUT2D eigenvalue weighted by Crippen LogP contribution is -2.41. The highest BCUT2D eigenvalue weighted by Crippen LogP contribution is 2.19. The van der Waals surface area contributed by atoms with Gasteiger partial charge in [-0.05, 0) is 33.2 Å². The maximum atomic E-state index is 11.9. The molecule has 1 aromatic rings. The summed E-state index contributed by atoms with van der Waals surface area (Å²) in [6.45, 7) is 2.54. The normalized spacial score (nSPS) is 13.4. The van der Waals surface area contributed by atoms with E-state index in [0.29, 0.717) is 18.0 Å². The molecule has 0 radical (unpaired) electrons. The lowest BCUT2D eigenvalue weighted by molar-refractivity contribution is 0.340. The molecule has 20 heavy (non-hydrogen) atoms. The lowest BCUT2D eigenvalue weighted by Gasteiger charge is -2.18. The van der Waals surface area contributed by atoms with Crippen LogP contribution in [0.1, 0.15) is 6.92 Å². The Kier molecular flexibility index (Phi) is 6.25. The Balaban J connectivity index is 2.42. The van der Waals surface area contributed by atoms with Crippen molar-refractivity contribution in [3.8, 4) is 5.75 Å². The largest absolute Gasteiger partial charge is 0.490 e. The van der Waals surface area contributed by atoms with Crippen LogP contribution in [-0.4, -0.2) is 52.4 Å². The summed E-state index contributed by atoms with van der Waals surface area (Å²) in [4.78, 5) is 1.92. The van der Waals surface area contributed by atoms with Gasteiger partial charge in [0, 0.05) is 12.6 Å². The summed E-state index contributed by atoms with van der Waals surface area (Å²) in [6.07, 6.45) is 0. The molecule has 0 aliphatic carbocycles. The molecule has 1 unspecified atom stereocenters. The van der Waals surface area contributed by atoms with E-state index in [1.807, 2.05) is 25.9 Å². The van der Waals surface area contributed by atoms with Gasteiger partial charge in [0.05, 0.1) is 11.4 Å². The fraction of sp³-hybridized carbons (Fsp3) is 0.538. The molecule has 0 heterocycles. The minimum atomic E-state index is -3.35. The van der Waals surface area contributed by atoms with Crippen molar-refractivity contribution in [3.63, 3.8) is 0 Å². The summed E-state index contributed by atoms with van der Waals surface area (Å²) < 4.78 is 31.7. The Morgan fingerprint density at radius 2 is 2.00 bits per heavy atom. The smallest absolute Gasteiger partial charge is 0.215 e. The van der Waals surface area contributed by atoms with Crippen molar-refractivity contribution in [1.29, 1.82) is 0 Å². The molecule has 0 amide bonds. The van der Waals surface area contributed by atoms with Crippen LogP contribution in [0.3, 0.4) is 0 Å². The zero-order valence-electron chi connectivity index (χ0n) is 12.2. The van der Waals surface area contributed by atoms with Crippen LogP contribution in [0.2, 0.25) is 0 Å². The first kappa shape index (κ1) is 16.7. The number of nitrogen functional groups attached to an aromatic ring is 1. The van der Waals surface area contributed by atoms with Crippen molar-refractivity contribution in [2.45, 2.75) is 13.0 Å². The highest BCUT2D eigenvalue weighted by molar-refractivity contribution is 7.89. The molecule has 7 heteroatoms. The van der Waals surface area contributed by atoms with Gasteiger partial charge in [-0.2, -0.15) is 0 Å². The number of sulfonamides is 1. The summed E-state index contributed by atoms with van der Waals surface area (Å²) in [7, 11) is 0.438. The minimum Gasteiger partial charge on any atom is -0.490 e. The van der Waals surface area contributed by atoms with Crippen molar-refractivity contribution in [2.24, 2.45) is 0 Å². The Labute approximate surface area is 121 Å². The molecule has 3 N–H and O–H groups in total. The quantitative estimate of drug-likeness (QED) is 0.684. The van der Waals surface area contributed by atoms with E-state index in [9.17, 15) is 8.42 Å². The average molecular weight is 301 g/mol. The van der Waals surface area contributed by atoms with Gasteiger partial charge in [0.25, 0.3) is 0 Å². The number of hydrogen-bond donors (Lipinski definition) is 2. The number of benzene rings is 1. The zero-order valence-corrected chi connectivity index (χ0v) is 13.0. The van der Waals surface area contributed by atoms with E-state index in [-0.39, 0.29) is 18.4 Å². The van der Waals surface area contributed by atoms with Gasteiger partial charge in [0.1, 0.15) is 12.4 Å². The molecule has 0 bridgehead atoms. The van der Waals surface area contributed by atoms with Gasteiger partial charge in [0.15, 0.2) is 0 Å². The van der Waals surface area contributed by atoms with Crippen molar-refractivity contribution < 1.29 is 13.2 Å². The van der Waals surface area contributed by atoms with Crippen LogP contribution in [0, 0.1) is 0 Å². The van der Waals surface area contributed by atoms with Crippen LogP contribution < -0.4 is 15.2 Å². The van der Waals surface area contributed by atoms with Gasteiger partial charge in [-0.25, -0.2) is 13.1 Å². The van der Waals surface area contributed by atoms with E-state index in [4.69, 9.17) is 10.5 Å². The molecule has 0 aliphatic rings. The molecule has 114 valence electrons. The summed E-state index contributed by atoms with van der Waals surface area (Å²) in [5.74, 6) is 0.406. The van der Waals surface area contributed by atoms with Gasteiger partial charge in [0.2, 0.25) is 10.0 Å². The van der Waals surface area contributed by atoms with Crippen molar-refractivity contribution in [1.82, 2.24) is 9.62 Å². The molecule has 6 nitrogen and oxygen atoms in total. The molecule has 0 fully saturated rings.